The summed E-state index contributed by atoms with van der Waals surface area (Å²) in [6, 6.07) is -1.77. The van der Waals surface area contributed by atoms with Gasteiger partial charge in [0.15, 0.2) is 11.3 Å². The van der Waals surface area contributed by atoms with E-state index in [1.54, 1.807) is 0 Å². The molecule has 69 heavy (non-hydrogen) atoms. The average Bonchev–Trinajstić information content (AvgIpc) is 3.34. The third kappa shape index (κ3) is 34.9. The molecule has 0 fully saturated rings. The van der Waals surface area contributed by atoms with Crippen LogP contribution < -0.4 is 5.32 Å². The molecular formula is C57H108N2O9S. The Balaban J connectivity index is 6.18. The van der Waals surface area contributed by atoms with Crippen LogP contribution in [-0.2, 0) is 24.0 Å². The van der Waals surface area contributed by atoms with Crippen molar-refractivity contribution in [2.45, 2.75) is 308 Å². The lowest BCUT2D eigenvalue weighted by Crippen LogP contribution is -2.70. The molecule has 406 valence electrons. The summed E-state index contributed by atoms with van der Waals surface area (Å²) in [6.45, 7) is 5.17. The summed E-state index contributed by atoms with van der Waals surface area (Å²) in [6.07, 6.45) is 41.7. The van der Waals surface area contributed by atoms with E-state index in [1.165, 1.54) is 154 Å². The highest BCUT2D eigenvalue weighted by molar-refractivity contribution is 7.99. The second kappa shape index (κ2) is 48.3. The van der Waals surface area contributed by atoms with Crippen molar-refractivity contribution in [2.75, 3.05) is 24.7 Å². The van der Waals surface area contributed by atoms with Gasteiger partial charge in [-0.25, -0.2) is 4.79 Å². The summed E-state index contributed by atoms with van der Waals surface area (Å²) in [4.78, 5) is 71.9. The number of rotatable bonds is 53. The van der Waals surface area contributed by atoms with Crippen LogP contribution in [0.4, 0.5) is 0 Å². The van der Waals surface area contributed by atoms with Gasteiger partial charge in [-0.2, -0.15) is 11.8 Å². The van der Waals surface area contributed by atoms with E-state index < -0.39 is 66.1 Å². The van der Waals surface area contributed by atoms with Crippen molar-refractivity contribution in [3.63, 3.8) is 0 Å². The van der Waals surface area contributed by atoms with E-state index in [1.807, 2.05) is 0 Å². The van der Waals surface area contributed by atoms with Crippen LogP contribution in [-0.4, -0.2) is 97.2 Å². The van der Waals surface area contributed by atoms with Gasteiger partial charge >= 0.3 is 5.97 Å². The van der Waals surface area contributed by atoms with E-state index in [4.69, 9.17) is 0 Å². The number of nitrogens with one attached hydrogen (secondary N) is 1. The zero-order valence-electron chi connectivity index (χ0n) is 44.9. The highest BCUT2D eigenvalue weighted by Gasteiger charge is 2.55. The Bertz CT molecular complexity index is 1210. The Hall–Kier alpha value is -2.02. The van der Waals surface area contributed by atoms with Crippen molar-refractivity contribution in [3.8, 4) is 0 Å². The number of aliphatic hydroxyl groups is 3. The van der Waals surface area contributed by atoms with Crippen LogP contribution >= 0.6 is 11.8 Å². The number of carbonyl (C=O) groups excluding carboxylic acids is 4. The van der Waals surface area contributed by atoms with Gasteiger partial charge in [0.05, 0.1) is 19.3 Å². The summed E-state index contributed by atoms with van der Waals surface area (Å²) in [7, 11) is 0. The Morgan fingerprint density at radius 2 is 0.739 bits per heavy atom. The fraction of sp³-hybridized carbons (Fsp3) is 0.912. The number of amides is 3. The number of ketones is 1. The molecule has 5 N–H and O–H groups in total. The molecule has 0 heterocycles. The lowest BCUT2D eigenvalue weighted by molar-refractivity contribution is -0.163. The molecule has 0 rings (SSSR count). The van der Waals surface area contributed by atoms with Gasteiger partial charge in [-0.3, -0.25) is 24.1 Å². The Labute approximate surface area is 427 Å². The van der Waals surface area contributed by atoms with E-state index in [9.17, 15) is 44.4 Å². The van der Waals surface area contributed by atoms with Crippen LogP contribution in [0.15, 0.2) is 0 Å². The predicted molar refractivity (Wildman–Crippen MR) is 288 cm³/mol. The molecular weight excluding hydrogens is 889 g/mol. The van der Waals surface area contributed by atoms with Crippen molar-refractivity contribution in [3.05, 3.63) is 0 Å². The number of imide groups is 1. The molecule has 12 heteroatoms. The SMILES string of the molecule is CCCCCCCCCCCCCCCC(=O)N(C(=O)CCCCCCCCCCCCCCC)[C@](CSCC(O)CO)(C(=O)CCCCCCCCCCCCCCC)C(=O)N[C@@H](CO)C(=O)O. The minimum atomic E-state index is -2.42. The van der Waals surface area contributed by atoms with Gasteiger partial charge in [0, 0.05) is 30.8 Å². The van der Waals surface area contributed by atoms with Gasteiger partial charge in [0.25, 0.3) is 5.91 Å². The number of hydrogen-bond donors (Lipinski definition) is 5. The molecule has 0 spiro atoms. The van der Waals surface area contributed by atoms with Crippen LogP contribution in [0.3, 0.4) is 0 Å². The number of thioether (sulfide) groups is 1. The fourth-order valence-electron chi connectivity index (χ4n) is 9.31. The standard InChI is InChI=1S/C57H108N2O9S/c1-4-7-10-13-16-19-22-25-28-31-34-37-40-43-52(63)57(49-69-48-50(62)46-60,56(68)58-51(47-61)55(66)67)59(53(64)44-41-38-35-32-29-26-23-20-17-14-11-8-5-2)54(65)45-42-39-36-33-30-27-24-21-18-15-12-9-6-3/h50-51,60-62H,4-49H2,1-3H3,(H,58,68)(H,66,67)/t50?,51-,57+/m0/s1. The smallest absolute Gasteiger partial charge is 0.328 e. The highest BCUT2D eigenvalue weighted by atomic mass is 32.2. The lowest BCUT2D eigenvalue weighted by atomic mass is 9.87. The average molecular weight is 998 g/mol. The lowest BCUT2D eigenvalue weighted by Gasteiger charge is -2.41. The molecule has 11 nitrogen and oxygen atoms in total. The number of carbonyl (C=O) groups is 5. The van der Waals surface area contributed by atoms with Crippen molar-refractivity contribution in [1.29, 1.82) is 0 Å². The molecule has 0 saturated heterocycles. The zero-order chi connectivity index (χ0) is 51.1. The van der Waals surface area contributed by atoms with Crippen LogP contribution in [0.1, 0.15) is 290 Å². The van der Waals surface area contributed by atoms with Crippen molar-refractivity contribution in [1.82, 2.24) is 10.2 Å². The zero-order valence-corrected chi connectivity index (χ0v) is 45.7. The van der Waals surface area contributed by atoms with Crippen molar-refractivity contribution < 1.29 is 44.4 Å². The van der Waals surface area contributed by atoms with E-state index in [0.717, 1.165) is 87.3 Å². The van der Waals surface area contributed by atoms with E-state index in [0.29, 0.717) is 25.7 Å². The number of Topliss-reactive ketones (excluding diaryl/α,β-unsaturated/α-hetero) is 1. The van der Waals surface area contributed by atoms with Gasteiger partial charge < -0.3 is 25.7 Å². The minimum Gasteiger partial charge on any atom is -0.480 e. The van der Waals surface area contributed by atoms with E-state index >= 15 is 0 Å². The number of carboxylic acid groups (broad SMARTS) is 1. The molecule has 0 radical (unpaired) electrons. The van der Waals surface area contributed by atoms with Crippen molar-refractivity contribution >= 4 is 41.2 Å². The second-order valence-electron chi connectivity index (χ2n) is 20.3. The molecule has 0 aliphatic rings. The second-order valence-corrected chi connectivity index (χ2v) is 21.3. The highest BCUT2D eigenvalue weighted by Crippen LogP contribution is 2.30. The van der Waals surface area contributed by atoms with Gasteiger partial charge in [-0.15, -0.1) is 0 Å². The van der Waals surface area contributed by atoms with Crippen LogP contribution in [0.25, 0.3) is 0 Å². The summed E-state index contributed by atoms with van der Waals surface area (Å²) in [5.74, 6) is -5.10. The summed E-state index contributed by atoms with van der Waals surface area (Å²) in [5, 5.41) is 42.2. The molecule has 1 unspecified atom stereocenters. The number of aliphatic carboxylic acids is 1. The number of hydrogen-bond acceptors (Lipinski definition) is 9. The summed E-state index contributed by atoms with van der Waals surface area (Å²) >= 11 is 0.965. The molecule has 0 aromatic heterocycles. The maximum atomic E-state index is 14.9. The predicted octanol–water partition coefficient (Wildman–Crippen LogP) is 13.7. The Morgan fingerprint density at radius 3 is 1.01 bits per heavy atom. The minimum absolute atomic E-state index is 0.0601. The normalized spacial score (nSPS) is 13.2. The quantitative estimate of drug-likeness (QED) is 0.0291. The fourth-order valence-corrected chi connectivity index (χ4v) is 10.5. The first-order valence-electron chi connectivity index (χ1n) is 29.0. The van der Waals surface area contributed by atoms with Gasteiger partial charge in [0.2, 0.25) is 11.8 Å². The molecule has 0 saturated carbocycles. The number of aliphatic hydroxyl groups excluding tert-OH is 3. The molecule has 0 aliphatic carbocycles. The monoisotopic (exact) mass is 997 g/mol. The first-order chi connectivity index (χ1) is 33.6. The number of carboxylic acids is 1. The molecule has 0 aromatic rings. The Morgan fingerprint density at radius 1 is 0.449 bits per heavy atom. The first kappa shape index (κ1) is 67.0. The largest absolute Gasteiger partial charge is 0.480 e. The molecule has 0 aliphatic heterocycles. The summed E-state index contributed by atoms with van der Waals surface area (Å²) in [5.41, 5.74) is -2.42. The van der Waals surface area contributed by atoms with Crippen LogP contribution in [0.2, 0.25) is 0 Å². The third-order valence-corrected chi connectivity index (χ3v) is 15.1. The van der Waals surface area contributed by atoms with Crippen LogP contribution in [0, 0.1) is 0 Å². The number of nitrogens with zero attached hydrogens (tertiary/aromatic N) is 1. The van der Waals surface area contributed by atoms with Crippen molar-refractivity contribution in [2.24, 2.45) is 0 Å². The first-order valence-corrected chi connectivity index (χ1v) is 30.1. The number of unbranched alkanes of at least 4 members (excludes halogenated alkanes) is 36. The molecule has 0 bridgehead atoms. The van der Waals surface area contributed by atoms with E-state index in [-0.39, 0.29) is 25.0 Å². The van der Waals surface area contributed by atoms with E-state index in [2.05, 4.69) is 26.1 Å². The van der Waals surface area contributed by atoms with Gasteiger partial charge in [-0.05, 0) is 19.3 Å². The van der Waals surface area contributed by atoms with Gasteiger partial charge in [0.1, 0.15) is 6.04 Å². The Kier molecular flexibility index (Phi) is 46.8. The summed E-state index contributed by atoms with van der Waals surface area (Å²) < 4.78 is 0. The third-order valence-electron chi connectivity index (χ3n) is 13.8. The van der Waals surface area contributed by atoms with Crippen LogP contribution in [0.5, 0.6) is 0 Å². The molecule has 3 amide bonds. The van der Waals surface area contributed by atoms with Gasteiger partial charge in [-0.1, -0.05) is 252 Å². The topological polar surface area (TPSA) is 182 Å². The molecule has 0 aromatic carbocycles. The maximum Gasteiger partial charge on any atom is 0.328 e. The maximum absolute atomic E-state index is 14.9. The molecule has 3 atom stereocenters.